The number of halogens is 1. The van der Waals surface area contributed by atoms with Crippen LogP contribution in [-0.2, 0) is 17.6 Å². The molecule has 1 aliphatic heterocycles. The molecule has 0 atom stereocenters. The fourth-order valence-corrected chi connectivity index (χ4v) is 2.83. The summed E-state index contributed by atoms with van der Waals surface area (Å²) in [5.74, 6) is -0.337. The van der Waals surface area contributed by atoms with Gasteiger partial charge in [-0.1, -0.05) is 18.2 Å². The molecule has 1 amide bonds. The van der Waals surface area contributed by atoms with E-state index < -0.39 is 0 Å². The Morgan fingerprint density at radius 2 is 2.05 bits per heavy atom. The molecule has 1 heterocycles. The van der Waals surface area contributed by atoms with E-state index in [0.717, 1.165) is 29.8 Å². The predicted molar refractivity (Wildman–Crippen MR) is 81.6 cm³/mol. The predicted octanol–water partition coefficient (Wildman–Crippen LogP) is 2.93. The molecule has 0 fully saturated rings. The van der Waals surface area contributed by atoms with Gasteiger partial charge in [-0.05, 0) is 48.2 Å². The lowest BCUT2D eigenvalue weighted by Crippen LogP contribution is -2.36. The van der Waals surface area contributed by atoms with Crippen LogP contribution in [0, 0.1) is 5.82 Å². The smallest absolute Gasteiger partial charge is 0.231 e. The van der Waals surface area contributed by atoms with Gasteiger partial charge in [0.05, 0.1) is 6.42 Å². The maximum Gasteiger partial charge on any atom is 0.231 e. The van der Waals surface area contributed by atoms with Crippen molar-refractivity contribution in [1.82, 2.24) is 0 Å². The number of hydrogen-bond donors (Lipinski definition) is 1. The lowest BCUT2D eigenvalue weighted by atomic mass is 9.99. The van der Waals surface area contributed by atoms with Gasteiger partial charge in [0.2, 0.25) is 5.91 Å². The first-order valence-corrected chi connectivity index (χ1v) is 7.07. The number of nitrogens with two attached hydrogens (primary N) is 1. The van der Waals surface area contributed by atoms with Crippen molar-refractivity contribution in [3.8, 4) is 0 Å². The number of nitrogens with zero attached hydrogens (tertiary/aromatic N) is 1. The van der Waals surface area contributed by atoms with Crippen LogP contribution in [0.25, 0.3) is 0 Å². The summed E-state index contributed by atoms with van der Waals surface area (Å²) >= 11 is 0. The summed E-state index contributed by atoms with van der Waals surface area (Å²) in [5.41, 5.74) is 9.34. The molecule has 108 valence electrons. The third-order valence-corrected chi connectivity index (χ3v) is 3.83. The quantitative estimate of drug-likeness (QED) is 0.862. The highest BCUT2D eigenvalue weighted by atomic mass is 19.1. The van der Waals surface area contributed by atoms with E-state index in [1.54, 1.807) is 17.0 Å². The second-order valence-corrected chi connectivity index (χ2v) is 5.30. The first-order valence-electron chi connectivity index (χ1n) is 7.07. The van der Waals surface area contributed by atoms with Crippen LogP contribution in [-0.4, -0.2) is 12.5 Å². The van der Waals surface area contributed by atoms with Gasteiger partial charge in [0.15, 0.2) is 0 Å². The normalized spacial score (nSPS) is 13.9. The number of rotatable bonds is 2. The van der Waals surface area contributed by atoms with E-state index in [-0.39, 0.29) is 18.1 Å². The number of carbonyl (C=O) groups excluding carboxylic acids is 1. The summed E-state index contributed by atoms with van der Waals surface area (Å²) in [6.07, 6.45) is 1.99. The minimum absolute atomic E-state index is 0.0212. The Hall–Kier alpha value is -2.36. The van der Waals surface area contributed by atoms with E-state index in [9.17, 15) is 9.18 Å². The van der Waals surface area contributed by atoms with E-state index >= 15 is 0 Å². The van der Waals surface area contributed by atoms with Gasteiger partial charge in [-0.15, -0.1) is 0 Å². The molecular formula is C17H17FN2O. The van der Waals surface area contributed by atoms with Gasteiger partial charge >= 0.3 is 0 Å². The van der Waals surface area contributed by atoms with Crippen LogP contribution in [0.5, 0.6) is 0 Å². The molecule has 1 aliphatic rings. The van der Waals surface area contributed by atoms with E-state index in [1.807, 2.05) is 18.2 Å². The maximum atomic E-state index is 13.2. The zero-order valence-electron chi connectivity index (χ0n) is 11.7. The van der Waals surface area contributed by atoms with Crippen molar-refractivity contribution < 1.29 is 9.18 Å². The highest BCUT2D eigenvalue weighted by Gasteiger charge is 2.23. The van der Waals surface area contributed by atoms with Crippen LogP contribution in [0.3, 0.4) is 0 Å². The van der Waals surface area contributed by atoms with Crippen molar-refractivity contribution >= 4 is 17.3 Å². The molecule has 2 N–H and O–H groups in total. The van der Waals surface area contributed by atoms with Crippen molar-refractivity contribution in [3.63, 3.8) is 0 Å². The number of fused-ring (bicyclic) bond motifs is 1. The van der Waals surface area contributed by atoms with Crippen LogP contribution < -0.4 is 10.6 Å². The average Bonchev–Trinajstić information content (AvgIpc) is 2.47. The topological polar surface area (TPSA) is 46.3 Å². The summed E-state index contributed by atoms with van der Waals surface area (Å²) in [5, 5.41) is 0. The number of anilines is 2. The molecule has 21 heavy (non-hydrogen) atoms. The number of carbonyl (C=O) groups is 1. The van der Waals surface area contributed by atoms with Gasteiger partial charge in [-0.2, -0.15) is 0 Å². The third kappa shape index (κ3) is 2.75. The maximum absolute atomic E-state index is 13.2. The zero-order valence-corrected chi connectivity index (χ0v) is 11.7. The van der Waals surface area contributed by atoms with Gasteiger partial charge < -0.3 is 10.6 Å². The second kappa shape index (κ2) is 5.56. The molecule has 3 nitrogen and oxygen atoms in total. The zero-order chi connectivity index (χ0) is 14.8. The Bertz CT molecular complexity index is 684. The summed E-state index contributed by atoms with van der Waals surface area (Å²) in [4.78, 5) is 14.3. The highest BCUT2D eigenvalue weighted by Crippen LogP contribution is 2.31. The van der Waals surface area contributed by atoms with Crippen LogP contribution in [0.4, 0.5) is 15.8 Å². The fraction of sp³-hybridized carbons (Fsp3) is 0.235. The van der Waals surface area contributed by atoms with E-state index in [4.69, 9.17) is 5.73 Å². The van der Waals surface area contributed by atoms with Crippen LogP contribution in [0.15, 0.2) is 42.5 Å². The molecule has 0 bridgehead atoms. The van der Waals surface area contributed by atoms with Gasteiger partial charge in [0.25, 0.3) is 0 Å². The largest absolute Gasteiger partial charge is 0.398 e. The summed E-state index contributed by atoms with van der Waals surface area (Å²) < 4.78 is 13.2. The molecule has 0 unspecified atom stereocenters. The minimum atomic E-state index is -0.316. The molecule has 0 saturated carbocycles. The SMILES string of the molecule is Nc1cccc2c1CCCN2C(=O)Cc1cccc(F)c1. The molecule has 3 rings (SSSR count). The number of amides is 1. The highest BCUT2D eigenvalue weighted by molar-refractivity contribution is 5.96. The molecule has 0 spiro atoms. The second-order valence-electron chi connectivity index (χ2n) is 5.30. The van der Waals surface area contributed by atoms with Crippen molar-refractivity contribution in [3.05, 3.63) is 59.4 Å². The summed E-state index contributed by atoms with van der Waals surface area (Å²) in [6.45, 7) is 0.685. The Kier molecular flexibility index (Phi) is 3.60. The Morgan fingerprint density at radius 3 is 2.86 bits per heavy atom. The molecule has 4 heteroatoms. The number of hydrogen-bond acceptors (Lipinski definition) is 2. The Balaban J connectivity index is 1.85. The first kappa shape index (κ1) is 13.6. The lowest BCUT2D eigenvalue weighted by molar-refractivity contribution is -0.118. The average molecular weight is 284 g/mol. The monoisotopic (exact) mass is 284 g/mol. The van der Waals surface area contributed by atoms with E-state index in [0.29, 0.717) is 12.1 Å². The van der Waals surface area contributed by atoms with Crippen LogP contribution in [0.1, 0.15) is 17.5 Å². The molecule has 0 saturated heterocycles. The molecule has 2 aromatic carbocycles. The molecule has 0 radical (unpaired) electrons. The van der Waals surface area contributed by atoms with Gasteiger partial charge in [0.1, 0.15) is 5.82 Å². The number of benzene rings is 2. The van der Waals surface area contributed by atoms with Crippen LogP contribution in [0.2, 0.25) is 0 Å². The van der Waals surface area contributed by atoms with Crippen molar-refractivity contribution in [1.29, 1.82) is 0 Å². The van der Waals surface area contributed by atoms with Crippen molar-refractivity contribution in [2.24, 2.45) is 0 Å². The van der Waals surface area contributed by atoms with Gasteiger partial charge in [0, 0.05) is 17.9 Å². The van der Waals surface area contributed by atoms with E-state index in [2.05, 4.69) is 0 Å². The Labute approximate surface area is 123 Å². The van der Waals surface area contributed by atoms with E-state index in [1.165, 1.54) is 12.1 Å². The van der Waals surface area contributed by atoms with Crippen LogP contribution >= 0.6 is 0 Å². The molecule has 2 aromatic rings. The van der Waals surface area contributed by atoms with Crippen molar-refractivity contribution in [2.45, 2.75) is 19.3 Å². The van der Waals surface area contributed by atoms with Gasteiger partial charge in [-0.25, -0.2) is 4.39 Å². The summed E-state index contributed by atoms with van der Waals surface area (Å²) in [6, 6.07) is 11.8. The standard InChI is InChI=1S/C17H17FN2O/c18-13-5-1-4-12(10-13)11-17(21)20-9-3-6-14-15(19)7-2-8-16(14)20/h1-2,4-5,7-8,10H,3,6,9,11,19H2. The van der Waals surface area contributed by atoms with Gasteiger partial charge in [-0.3, -0.25) is 4.79 Å². The summed E-state index contributed by atoms with van der Waals surface area (Å²) in [7, 11) is 0. The Morgan fingerprint density at radius 1 is 1.24 bits per heavy atom. The molecular weight excluding hydrogens is 267 g/mol. The minimum Gasteiger partial charge on any atom is -0.398 e. The first-order chi connectivity index (χ1) is 10.1. The fourth-order valence-electron chi connectivity index (χ4n) is 2.83. The molecule has 0 aliphatic carbocycles. The number of nitrogen functional groups attached to an aromatic ring is 1. The van der Waals surface area contributed by atoms with Crippen molar-refractivity contribution in [2.75, 3.05) is 17.2 Å². The lowest BCUT2D eigenvalue weighted by Gasteiger charge is -2.30. The third-order valence-electron chi connectivity index (χ3n) is 3.83. The molecule has 0 aromatic heterocycles.